The minimum atomic E-state index is -3.67. The summed E-state index contributed by atoms with van der Waals surface area (Å²) in [6.07, 6.45) is 0. The van der Waals surface area contributed by atoms with Crippen LogP contribution >= 0.6 is 12.4 Å². The number of ether oxygens (including phenoxy) is 1. The lowest BCUT2D eigenvalue weighted by Gasteiger charge is -2.27. The van der Waals surface area contributed by atoms with E-state index in [-0.39, 0.29) is 36.3 Å². The summed E-state index contributed by atoms with van der Waals surface area (Å²) in [6.45, 7) is 2.71. The third kappa shape index (κ3) is 6.14. The zero-order valence-electron chi connectivity index (χ0n) is 15.8. The van der Waals surface area contributed by atoms with Crippen molar-refractivity contribution in [3.8, 4) is 0 Å². The first-order valence-electron chi connectivity index (χ1n) is 8.59. The van der Waals surface area contributed by atoms with Gasteiger partial charge in [0, 0.05) is 19.6 Å². The number of carbonyl (C=O) groups excluding carboxylic acids is 1. The van der Waals surface area contributed by atoms with Gasteiger partial charge in [-0.05, 0) is 25.6 Å². The number of benzene rings is 1. The van der Waals surface area contributed by atoms with Crippen molar-refractivity contribution in [1.29, 1.82) is 0 Å². The highest BCUT2D eigenvalue weighted by Gasteiger charge is 2.28. The molecule has 1 fully saturated rings. The van der Waals surface area contributed by atoms with Crippen molar-refractivity contribution < 1.29 is 27.9 Å². The number of carboxylic acid groups (broad SMARTS) is 1. The van der Waals surface area contributed by atoms with Crippen LogP contribution in [0.3, 0.4) is 0 Å². The summed E-state index contributed by atoms with van der Waals surface area (Å²) < 4.78 is 32.3. The summed E-state index contributed by atoms with van der Waals surface area (Å²) in [4.78, 5) is 24.6. The summed E-state index contributed by atoms with van der Waals surface area (Å²) in [5.74, 6) is -1.41. The zero-order chi connectivity index (χ0) is 20.0. The molecule has 11 heteroatoms. The summed E-state index contributed by atoms with van der Waals surface area (Å²) in [7, 11) is -2.14. The van der Waals surface area contributed by atoms with Crippen molar-refractivity contribution in [2.24, 2.45) is 0 Å². The number of hydrogen-bond acceptors (Lipinski definition) is 6. The number of amides is 1. The maximum Gasteiger partial charge on any atom is 0.320 e. The molecule has 0 bridgehead atoms. The highest BCUT2D eigenvalue weighted by atomic mass is 35.5. The van der Waals surface area contributed by atoms with E-state index in [1.807, 2.05) is 0 Å². The number of nitrogens with zero attached hydrogens (tertiary/aromatic N) is 2. The van der Waals surface area contributed by atoms with Crippen LogP contribution < -0.4 is 5.32 Å². The van der Waals surface area contributed by atoms with Crippen molar-refractivity contribution >= 4 is 34.3 Å². The van der Waals surface area contributed by atoms with Gasteiger partial charge in [-0.25, -0.2) is 8.42 Å². The van der Waals surface area contributed by atoms with E-state index in [0.29, 0.717) is 31.9 Å². The molecule has 1 aromatic rings. The Kier molecular flexibility index (Phi) is 9.31. The van der Waals surface area contributed by atoms with Gasteiger partial charge in [0.2, 0.25) is 15.9 Å². The van der Waals surface area contributed by atoms with E-state index < -0.39 is 22.0 Å². The highest BCUT2D eigenvalue weighted by Crippen LogP contribution is 2.21. The van der Waals surface area contributed by atoms with Crippen molar-refractivity contribution in [3.05, 3.63) is 29.8 Å². The Morgan fingerprint density at radius 2 is 1.89 bits per heavy atom. The number of rotatable bonds is 8. The standard InChI is InChI=1S/C17H25N3O6S.ClH/c1-13(17(22)23)19(2)12-16(21)18-11-14-5-3-4-6-15(14)27(24,25)20-7-9-26-10-8-20;/h3-6,13H,7-12H2,1-2H3,(H,18,21)(H,22,23);1H. The molecule has 1 heterocycles. The Balaban J connectivity index is 0.00000392. The predicted octanol–water partition coefficient (Wildman–Crippen LogP) is 0.150. The van der Waals surface area contributed by atoms with Gasteiger partial charge >= 0.3 is 5.97 Å². The Labute approximate surface area is 171 Å². The summed E-state index contributed by atoms with van der Waals surface area (Å²) in [5.41, 5.74) is 0.478. The van der Waals surface area contributed by atoms with Crippen LogP contribution in [0.5, 0.6) is 0 Å². The molecule has 0 radical (unpaired) electrons. The summed E-state index contributed by atoms with van der Waals surface area (Å²) in [6, 6.07) is 5.71. The number of likely N-dealkylation sites (N-methyl/N-ethyl adjacent to an activating group) is 1. The van der Waals surface area contributed by atoms with Crippen molar-refractivity contribution in [2.45, 2.75) is 24.4 Å². The average molecular weight is 436 g/mol. The van der Waals surface area contributed by atoms with Crippen LogP contribution in [-0.2, 0) is 30.9 Å². The molecule has 1 aliphatic heterocycles. The van der Waals surface area contributed by atoms with Gasteiger partial charge in [0.15, 0.2) is 0 Å². The molecule has 0 aromatic heterocycles. The average Bonchev–Trinajstić information content (AvgIpc) is 2.66. The zero-order valence-corrected chi connectivity index (χ0v) is 17.5. The number of halogens is 1. The minimum absolute atomic E-state index is 0. The number of carbonyl (C=O) groups is 2. The number of morpholine rings is 1. The normalized spacial score (nSPS) is 16.2. The molecular weight excluding hydrogens is 410 g/mol. The lowest BCUT2D eigenvalue weighted by molar-refractivity contribution is -0.142. The molecule has 2 rings (SSSR count). The summed E-state index contributed by atoms with van der Waals surface area (Å²) in [5, 5.41) is 11.6. The second kappa shape index (κ2) is 10.7. The van der Waals surface area contributed by atoms with E-state index >= 15 is 0 Å². The van der Waals surface area contributed by atoms with Crippen LogP contribution in [0, 0.1) is 0 Å². The Morgan fingerprint density at radius 1 is 1.29 bits per heavy atom. The first-order valence-corrected chi connectivity index (χ1v) is 10.0. The number of nitrogens with one attached hydrogen (secondary N) is 1. The Bertz CT molecular complexity index is 783. The fourth-order valence-electron chi connectivity index (χ4n) is 2.63. The maximum atomic E-state index is 12.9. The molecule has 1 aliphatic rings. The van der Waals surface area contributed by atoms with Gasteiger partial charge in [-0.15, -0.1) is 12.4 Å². The molecule has 0 saturated carbocycles. The second-order valence-corrected chi connectivity index (χ2v) is 8.24. The third-order valence-electron chi connectivity index (χ3n) is 4.45. The van der Waals surface area contributed by atoms with Gasteiger partial charge in [0.1, 0.15) is 6.04 Å². The van der Waals surface area contributed by atoms with Crippen LogP contribution in [0.15, 0.2) is 29.2 Å². The first kappa shape index (κ1) is 24.3. The van der Waals surface area contributed by atoms with Crippen molar-refractivity contribution in [1.82, 2.24) is 14.5 Å². The number of aliphatic carboxylic acids is 1. The van der Waals surface area contributed by atoms with E-state index in [1.54, 1.807) is 18.2 Å². The molecule has 1 saturated heterocycles. The molecule has 9 nitrogen and oxygen atoms in total. The monoisotopic (exact) mass is 435 g/mol. The number of sulfonamides is 1. The van der Waals surface area contributed by atoms with E-state index in [0.717, 1.165) is 0 Å². The first-order chi connectivity index (χ1) is 12.7. The molecule has 0 aliphatic carbocycles. The number of carboxylic acids is 1. The van der Waals surface area contributed by atoms with E-state index in [9.17, 15) is 18.0 Å². The predicted molar refractivity (Wildman–Crippen MR) is 105 cm³/mol. The quantitative estimate of drug-likeness (QED) is 0.597. The maximum absolute atomic E-state index is 12.9. The van der Waals surface area contributed by atoms with Crippen LogP contribution in [0.4, 0.5) is 0 Å². The van der Waals surface area contributed by atoms with Gasteiger partial charge in [-0.2, -0.15) is 4.31 Å². The van der Waals surface area contributed by atoms with Gasteiger partial charge < -0.3 is 15.2 Å². The molecule has 2 N–H and O–H groups in total. The van der Waals surface area contributed by atoms with Crippen LogP contribution in [0.25, 0.3) is 0 Å². The molecule has 0 spiro atoms. The van der Waals surface area contributed by atoms with Gasteiger partial charge in [-0.1, -0.05) is 18.2 Å². The molecule has 28 heavy (non-hydrogen) atoms. The lowest BCUT2D eigenvalue weighted by Crippen LogP contribution is -2.43. The molecule has 158 valence electrons. The molecule has 1 unspecified atom stereocenters. The minimum Gasteiger partial charge on any atom is -0.480 e. The second-order valence-electron chi connectivity index (χ2n) is 6.33. The van der Waals surface area contributed by atoms with E-state index in [4.69, 9.17) is 9.84 Å². The van der Waals surface area contributed by atoms with Gasteiger partial charge in [0.05, 0.1) is 24.7 Å². The fourth-order valence-corrected chi connectivity index (χ4v) is 4.26. The van der Waals surface area contributed by atoms with Gasteiger partial charge in [-0.3, -0.25) is 14.5 Å². The molecule has 1 aromatic carbocycles. The Hall–Kier alpha value is -1.72. The van der Waals surface area contributed by atoms with Crippen LogP contribution in [0.1, 0.15) is 12.5 Å². The van der Waals surface area contributed by atoms with Crippen LogP contribution in [-0.4, -0.2) is 80.5 Å². The van der Waals surface area contributed by atoms with E-state index in [2.05, 4.69) is 5.32 Å². The smallest absolute Gasteiger partial charge is 0.320 e. The summed E-state index contributed by atoms with van der Waals surface area (Å²) >= 11 is 0. The molecule has 1 amide bonds. The topological polar surface area (TPSA) is 116 Å². The largest absolute Gasteiger partial charge is 0.480 e. The molecular formula is C17H26ClN3O6S. The fraction of sp³-hybridized carbons (Fsp3) is 0.529. The van der Waals surface area contributed by atoms with E-state index in [1.165, 1.54) is 29.2 Å². The molecule has 1 atom stereocenters. The van der Waals surface area contributed by atoms with Crippen molar-refractivity contribution in [3.63, 3.8) is 0 Å². The highest BCUT2D eigenvalue weighted by molar-refractivity contribution is 7.89. The Morgan fingerprint density at radius 3 is 2.50 bits per heavy atom. The third-order valence-corrected chi connectivity index (χ3v) is 6.45. The van der Waals surface area contributed by atoms with Gasteiger partial charge in [0.25, 0.3) is 0 Å². The lowest BCUT2D eigenvalue weighted by atomic mass is 10.2. The van der Waals surface area contributed by atoms with Crippen molar-refractivity contribution in [2.75, 3.05) is 39.9 Å². The van der Waals surface area contributed by atoms with Crippen LogP contribution in [0.2, 0.25) is 0 Å². The number of hydrogen-bond donors (Lipinski definition) is 2. The SMILES string of the molecule is CC(C(=O)O)N(C)CC(=O)NCc1ccccc1S(=O)(=O)N1CCOCC1.Cl.